The van der Waals surface area contributed by atoms with E-state index >= 15 is 0 Å². The van der Waals surface area contributed by atoms with Crippen molar-refractivity contribution >= 4 is 5.97 Å². The molecule has 0 atom stereocenters. The van der Waals surface area contributed by atoms with Crippen LogP contribution in [-0.2, 0) is 0 Å². The summed E-state index contributed by atoms with van der Waals surface area (Å²) in [6.45, 7) is 0. The van der Waals surface area contributed by atoms with E-state index in [1.54, 1.807) is 18.2 Å². The SMILES string of the molecule is O=C(O)c1cccc(C#Cc2ccccc2)c1C#Cc1ccccc1. The van der Waals surface area contributed by atoms with E-state index in [-0.39, 0.29) is 5.56 Å². The monoisotopic (exact) mass is 322 g/mol. The molecule has 0 unspecified atom stereocenters. The lowest BCUT2D eigenvalue weighted by Gasteiger charge is -2.02. The van der Waals surface area contributed by atoms with Crippen molar-refractivity contribution in [3.05, 3.63) is 107 Å². The number of carboxylic acids is 1. The number of benzene rings is 3. The summed E-state index contributed by atoms with van der Waals surface area (Å²) in [6, 6.07) is 24.0. The molecule has 3 aromatic carbocycles. The molecule has 0 aliphatic carbocycles. The van der Waals surface area contributed by atoms with E-state index in [9.17, 15) is 9.90 Å². The molecule has 118 valence electrons. The van der Waals surface area contributed by atoms with Gasteiger partial charge in [0, 0.05) is 16.7 Å². The summed E-state index contributed by atoms with van der Waals surface area (Å²) in [5, 5.41) is 9.46. The normalized spacial score (nSPS) is 9.28. The molecular formula is C23H14O2. The molecule has 0 spiro atoms. The second-order valence-electron chi connectivity index (χ2n) is 5.27. The van der Waals surface area contributed by atoms with Crippen molar-refractivity contribution in [1.82, 2.24) is 0 Å². The van der Waals surface area contributed by atoms with Crippen molar-refractivity contribution in [2.24, 2.45) is 0 Å². The molecule has 25 heavy (non-hydrogen) atoms. The van der Waals surface area contributed by atoms with Gasteiger partial charge in [0.15, 0.2) is 0 Å². The molecule has 0 amide bonds. The zero-order valence-electron chi connectivity index (χ0n) is 13.4. The lowest BCUT2D eigenvalue weighted by Crippen LogP contribution is -2.02. The number of carboxylic acid groups (broad SMARTS) is 1. The van der Waals surface area contributed by atoms with E-state index in [0.717, 1.165) is 11.1 Å². The van der Waals surface area contributed by atoms with Gasteiger partial charge in [-0.05, 0) is 36.4 Å². The highest BCUT2D eigenvalue weighted by Crippen LogP contribution is 2.14. The second kappa shape index (κ2) is 7.68. The largest absolute Gasteiger partial charge is 0.478 e. The van der Waals surface area contributed by atoms with E-state index in [1.165, 1.54) is 0 Å². The van der Waals surface area contributed by atoms with Crippen LogP contribution in [0.1, 0.15) is 32.6 Å². The molecule has 0 saturated carbocycles. The van der Waals surface area contributed by atoms with Crippen molar-refractivity contribution in [2.45, 2.75) is 0 Å². The minimum absolute atomic E-state index is 0.156. The predicted octanol–water partition coefficient (Wildman–Crippen LogP) is 4.18. The summed E-state index contributed by atoms with van der Waals surface area (Å²) in [5.74, 6) is 11.1. The minimum atomic E-state index is -1.01. The van der Waals surface area contributed by atoms with Crippen molar-refractivity contribution < 1.29 is 9.90 Å². The fourth-order valence-corrected chi connectivity index (χ4v) is 2.29. The van der Waals surface area contributed by atoms with Crippen LogP contribution in [0.5, 0.6) is 0 Å². The second-order valence-corrected chi connectivity index (χ2v) is 5.27. The minimum Gasteiger partial charge on any atom is -0.478 e. The number of hydrogen-bond acceptors (Lipinski definition) is 1. The van der Waals surface area contributed by atoms with Gasteiger partial charge in [0.25, 0.3) is 0 Å². The quantitative estimate of drug-likeness (QED) is 0.682. The number of carbonyl (C=O) groups is 1. The maximum atomic E-state index is 11.5. The van der Waals surface area contributed by atoms with Crippen LogP contribution in [0.25, 0.3) is 0 Å². The molecule has 0 aliphatic heterocycles. The molecule has 0 aliphatic rings. The Morgan fingerprint density at radius 1 is 0.640 bits per heavy atom. The van der Waals surface area contributed by atoms with Crippen molar-refractivity contribution in [2.75, 3.05) is 0 Å². The average molecular weight is 322 g/mol. The summed E-state index contributed by atoms with van der Waals surface area (Å²) in [7, 11) is 0. The van der Waals surface area contributed by atoms with Crippen LogP contribution in [0.3, 0.4) is 0 Å². The highest BCUT2D eigenvalue weighted by atomic mass is 16.4. The molecular weight excluding hydrogens is 308 g/mol. The van der Waals surface area contributed by atoms with Gasteiger partial charge in [0.05, 0.1) is 11.1 Å². The van der Waals surface area contributed by atoms with E-state index in [4.69, 9.17) is 0 Å². The Morgan fingerprint density at radius 2 is 1.20 bits per heavy atom. The first-order valence-electron chi connectivity index (χ1n) is 7.74. The predicted molar refractivity (Wildman–Crippen MR) is 98.2 cm³/mol. The summed E-state index contributed by atoms with van der Waals surface area (Å²) < 4.78 is 0. The molecule has 2 heteroatoms. The van der Waals surface area contributed by atoms with E-state index in [2.05, 4.69) is 23.7 Å². The molecule has 0 fully saturated rings. The first-order valence-corrected chi connectivity index (χ1v) is 7.74. The third-order valence-corrected chi connectivity index (χ3v) is 3.52. The van der Waals surface area contributed by atoms with Crippen LogP contribution in [0.2, 0.25) is 0 Å². The third kappa shape index (κ3) is 4.16. The molecule has 3 rings (SSSR count). The zero-order chi connectivity index (χ0) is 17.5. The fraction of sp³-hybridized carbons (Fsp3) is 0. The Labute approximate surface area is 146 Å². The molecule has 0 heterocycles. The maximum Gasteiger partial charge on any atom is 0.337 e. The van der Waals surface area contributed by atoms with Gasteiger partial charge in [-0.1, -0.05) is 66.1 Å². The van der Waals surface area contributed by atoms with Crippen LogP contribution < -0.4 is 0 Å². The Balaban J connectivity index is 2.08. The van der Waals surface area contributed by atoms with Crippen LogP contribution in [-0.4, -0.2) is 11.1 Å². The molecule has 0 aromatic heterocycles. The van der Waals surface area contributed by atoms with Crippen LogP contribution in [0.4, 0.5) is 0 Å². The van der Waals surface area contributed by atoms with Gasteiger partial charge in [-0.2, -0.15) is 0 Å². The van der Waals surface area contributed by atoms with Crippen LogP contribution in [0, 0.1) is 23.7 Å². The third-order valence-electron chi connectivity index (χ3n) is 3.52. The zero-order valence-corrected chi connectivity index (χ0v) is 13.4. The van der Waals surface area contributed by atoms with Gasteiger partial charge in [0.2, 0.25) is 0 Å². The standard InChI is InChI=1S/C23H14O2/c24-23(25)22-13-7-12-20(16-14-18-8-3-1-4-9-18)21(22)17-15-19-10-5-2-6-11-19/h1-13H,(H,24,25). The van der Waals surface area contributed by atoms with Gasteiger partial charge in [0.1, 0.15) is 0 Å². The van der Waals surface area contributed by atoms with Crippen molar-refractivity contribution in [1.29, 1.82) is 0 Å². The Bertz CT molecular complexity index is 1010. The molecule has 3 aromatic rings. The van der Waals surface area contributed by atoms with Gasteiger partial charge >= 0.3 is 5.97 Å². The molecule has 0 radical (unpaired) electrons. The van der Waals surface area contributed by atoms with Crippen molar-refractivity contribution in [3.63, 3.8) is 0 Å². The smallest absolute Gasteiger partial charge is 0.337 e. The van der Waals surface area contributed by atoms with Crippen molar-refractivity contribution in [3.8, 4) is 23.7 Å². The molecule has 0 saturated heterocycles. The highest BCUT2D eigenvalue weighted by molar-refractivity contribution is 5.92. The first-order chi connectivity index (χ1) is 12.2. The topological polar surface area (TPSA) is 37.3 Å². The maximum absolute atomic E-state index is 11.5. The number of hydrogen-bond donors (Lipinski definition) is 1. The lowest BCUT2D eigenvalue weighted by molar-refractivity contribution is 0.0696. The van der Waals surface area contributed by atoms with Gasteiger partial charge in [-0.15, -0.1) is 0 Å². The molecule has 2 nitrogen and oxygen atoms in total. The highest BCUT2D eigenvalue weighted by Gasteiger charge is 2.11. The van der Waals surface area contributed by atoms with Gasteiger partial charge < -0.3 is 5.11 Å². The molecule has 0 bridgehead atoms. The van der Waals surface area contributed by atoms with Gasteiger partial charge in [-0.25, -0.2) is 4.79 Å². The van der Waals surface area contributed by atoms with Crippen LogP contribution >= 0.6 is 0 Å². The number of aromatic carboxylic acids is 1. The summed E-state index contributed by atoms with van der Waals surface area (Å²) in [6.07, 6.45) is 0. The Hall–Kier alpha value is -3.75. The first kappa shape index (κ1) is 16.1. The fourth-order valence-electron chi connectivity index (χ4n) is 2.29. The van der Waals surface area contributed by atoms with E-state index in [0.29, 0.717) is 11.1 Å². The van der Waals surface area contributed by atoms with E-state index in [1.807, 2.05) is 60.7 Å². The molecule has 1 N–H and O–H groups in total. The summed E-state index contributed by atoms with van der Waals surface area (Å²) in [5.41, 5.74) is 2.88. The Kier molecular flexibility index (Phi) is 4.95. The Morgan fingerprint density at radius 3 is 1.76 bits per heavy atom. The van der Waals surface area contributed by atoms with Crippen LogP contribution in [0.15, 0.2) is 78.9 Å². The van der Waals surface area contributed by atoms with Gasteiger partial charge in [-0.3, -0.25) is 0 Å². The lowest BCUT2D eigenvalue weighted by atomic mass is 10.0. The summed E-state index contributed by atoms with van der Waals surface area (Å²) >= 11 is 0. The van der Waals surface area contributed by atoms with E-state index < -0.39 is 5.97 Å². The number of rotatable bonds is 1. The average Bonchev–Trinajstić information content (AvgIpc) is 2.66. The summed E-state index contributed by atoms with van der Waals surface area (Å²) in [4.78, 5) is 11.5.